The van der Waals surface area contributed by atoms with Crippen molar-refractivity contribution in [3.63, 3.8) is 0 Å². The zero-order chi connectivity index (χ0) is 14.8. The molecule has 1 aromatic heterocycles. The lowest BCUT2D eigenvalue weighted by atomic mass is 10.1. The van der Waals surface area contributed by atoms with E-state index in [1.165, 1.54) is 12.8 Å². The topological polar surface area (TPSA) is 59.1 Å². The van der Waals surface area contributed by atoms with Crippen molar-refractivity contribution >= 4 is 11.6 Å². The lowest BCUT2D eigenvalue weighted by molar-refractivity contribution is 0.414. The van der Waals surface area contributed by atoms with E-state index in [9.17, 15) is 0 Å². The van der Waals surface area contributed by atoms with Gasteiger partial charge in [0.15, 0.2) is 11.6 Å². The van der Waals surface area contributed by atoms with Gasteiger partial charge in [0.25, 0.3) is 0 Å². The average Bonchev–Trinajstić information content (AvgIpc) is 2.44. The third kappa shape index (κ3) is 5.63. The van der Waals surface area contributed by atoms with Crippen LogP contribution in [-0.4, -0.2) is 30.2 Å². The average molecular weight is 280 g/mol. The molecule has 5 heteroatoms. The minimum Gasteiger partial charge on any atom is -0.490 e. The van der Waals surface area contributed by atoms with E-state index < -0.39 is 0 Å². The Kier molecular flexibility index (Phi) is 7.77. The van der Waals surface area contributed by atoms with Gasteiger partial charge in [-0.2, -0.15) is 0 Å². The Balaban J connectivity index is 2.51. The number of unbranched alkanes of at least 4 members (excludes halogenated alkanes) is 1. The van der Waals surface area contributed by atoms with E-state index in [-0.39, 0.29) is 0 Å². The van der Waals surface area contributed by atoms with Gasteiger partial charge in [-0.3, -0.25) is 0 Å². The summed E-state index contributed by atoms with van der Waals surface area (Å²) in [6.45, 7) is 8.42. The normalized spacial score (nSPS) is 10.7. The van der Waals surface area contributed by atoms with Gasteiger partial charge in [-0.15, -0.1) is 0 Å². The molecular weight excluding hydrogens is 252 g/mol. The maximum atomic E-state index is 5.42. The molecule has 0 unspecified atom stereocenters. The number of nitrogens with one attached hydrogen (secondary N) is 2. The van der Waals surface area contributed by atoms with Gasteiger partial charge >= 0.3 is 0 Å². The molecule has 114 valence electrons. The summed E-state index contributed by atoms with van der Waals surface area (Å²) in [7, 11) is 1.65. The number of nitrogens with zero attached hydrogens (tertiary/aromatic N) is 2. The van der Waals surface area contributed by atoms with Gasteiger partial charge in [-0.05, 0) is 18.8 Å². The number of hydrogen-bond acceptors (Lipinski definition) is 5. The lowest BCUT2D eigenvalue weighted by Gasteiger charge is -2.14. The zero-order valence-electron chi connectivity index (χ0n) is 13.2. The van der Waals surface area contributed by atoms with Crippen LogP contribution in [0.3, 0.4) is 0 Å². The number of aromatic nitrogens is 2. The van der Waals surface area contributed by atoms with Crippen molar-refractivity contribution in [3.8, 4) is 5.75 Å². The Morgan fingerprint density at radius 3 is 2.30 bits per heavy atom. The van der Waals surface area contributed by atoms with Gasteiger partial charge in [0.05, 0.1) is 7.11 Å². The summed E-state index contributed by atoms with van der Waals surface area (Å²) in [5.74, 6) is 3.00. The summed E-state index contributed by atoms with van der Waals surface area (Å²) in [6.07, 6.45) is 6.26. The van der Waals surface area contributed by atoms with E-state index in [0.29, 0.717) is 5.75 Å². The summed E-state index contributed by atoms with van der Waals surface area (Å²) in [6, 6.07) is 0. The molecule has 1 heterocycles. The molecule has 0 aromatic carbocycles. The highest BCUT2D eigenvalue weighted by Gasteiger charge is 2.10. The molecule has 0 bridgehead atoms. The van der Waals surface area contributed by atoms with Crippen LogP contribution in [0.1, 0.15) is 46.5 Å². The van der Waals surface area contributed by atoms with Crippen molar-refractivity contribution in [1.29, 1.82) is 0 Å². The third-order valence-electron chi connectivity index (χ3n) is 3.05. The lowest BCUT2D eigenvalue weighted by Crippen LogP contribution is -2.10. The third-order valence-corrected chi connectivity index (χ3v) is 3.05. The number of ether oxygens (including phenoxy) is 1. The predicted molar refractivity (Wildman–Crippen MR) is 84.5 cm³/mol. The summed E-state index contributed by atoms with van der Waals surface area (Å²) >= 11 is 0. The molecule has 0 fully saturated rings. The van der Waals surface area contributed by atoms with Crippen molar-refractivity contribution in [2.24, 2.45) is 5.92 Å². The smallest absolute Gasteiger partial charge is 0.204 e. The van der Waals surface area contributed by atoms with Gasteiger partial charge < -0.3 is 15.4 Å². The van der Waals surface area contributed by atoms with Crippen LogP contribution in [0.4, 0.5) is 11.6 Å². The van der Waals surface area contributed by atoms with Crippen LogP contribution in [0.5, 0.6) is 5.75 Å². The number of rotatable bonds is 10. The van der Waals surface area contributed by atoms with Gasteiger partial charge in [-0.25, -0.2) is 9.97 Å². The molecule has 0 saturated heterocycles. The maximum absolute atomic E-state index is 5.42. The summed E-state index contributed by atoms with van der Waals surface area (Å²) in [4.78, 5) is 8.49. The predicted octanol–water partition coefficient (Wildman–Crippen LogP) is 3.55. The van der Waals surface area contributed by atoms with Gasteiger partial charge in [0.1, 0.15) is 6.33 Å². The van der Waals surface area contributed by atoms with Crippen LogP contribution in [0.2, 0.25) is 0 Å². The van der Waals surface area contributed by atoms with Crippen LogP contribution >= 0.6 is 0 Å². The SMILES string of the molecule is CCCNc1ncnc(NCCCCC(C)C)c1OC. The highest BCUT2D eigenvalue weighted by atomic mass is 16.5. The molecule has 0 aliphatic heterocycles. The first-order valence-electron chi connectivity index (χ1n) is 7.55. The first kappa shape index (κ1) is 16.5. The van der Waals surface area contributed by atoms with Gasteiger partial charge in [-0.1, -0.05) is 33.6 Å². The van der Waals surface area contributed by atoms with E-state index in [4.69, 9.17) is 4.74 Å². The second-order valence-electron chi connectivity index (χ2n) is 5.35. The molecule has 0 amide bonds. The largest absolute Gasteiger partial charge is 0.490 e. The minimum absolute atomic E-state index is 0.699. The van der Waals surface area contributed by atoms with E-state index in [0.717, 1.165) is 43.5 Å². The number of hydrogen-bond donors (Lipinski definition) is 2. The van der Waals surface area contributed by atoms with Crippen LogP contribution in [-0.2, 0) is 0 Å². The van der Waals surface area contributed by atoms with Crippen LogP contribution in [0, 0.1) is 5.92 Å². The number of anilines is 2. The van der Waals surface area contributed by atoms with Gasteiger partial charge in [0, 0.05) is 13.1 Å². The molecule has 1 rings (SSSR count). The first-order valence-corrected chi connectivity index (χ1v) is 7.55. The van der Waals surface area contributed by atoms with Crippen LogP contribution in [0.15, 0.2) is 6.33 Å². The fourth-order valence-corrected chi connectivity index (χ4v) is 1.95. The van der Waals surface area contributed by atoms with Crippen LogP contribution < -0.4 is 15.4 Å². The Morgan fingerprint density at radius 2 is 1.75 bits per heavy atom. The Bertz CT molecular complexity index is 382. The summed E-state index contributed by atoms with van der Waals surface area (Å²) < 4.78 is 5.42. The quantitative estimate of drug-likeness (QED) is 0.642. The molecule has 0 saturated carbocycles. The molecule has 0 aliphatic carbocycles. The summed E-state index contributed by atoms with van der Waals surface area (Å²) in [5, 5.41) is 6.59. The maximum Gasteiger partial charge on any atom is 0.204 e. The highest BCUT2D eigenvalue weighted by molar-refractivity contribution is 5.63. The first-order chi connectivity index (χ1) is 9.69. The van der Waals surface area contributed by atoms with E-state index in [1.54, 1.807) is 13.4 Å². The Hall–Kier alpha value is -1.52. The van der Waals surface area contributed by atoms with Crippen LogP contribution in [0.25, 0.3) is 0 Å². The molecule has 0 spiro atoms. The monoisotopic (exact) mass is 280 g/mol. The van der Waals surface area contributed by atoms with Crippen molar-refractivity contribution in [1.82, 2.24) is 9.97 Å². The molecule has 0 aliphatic rings. The fourth-order valence-electron chi connectivity index (χ4n) is 1.95. The highest BCUT2D eigenvalue weighted by Crippen LogP contribution is 2.28. The van der Waals surface area contributed by atoms with Crippen molar-refractivity contribution in [3.05, 3.63) is 6.33 Å². The van der Waals surface area contributed by atoms with E-state index >= 15 is 0 Å². The fraction of sp³-hybridized carbons (Fsp3) is 0.733. The molecule has 20 heavy (non-hydrogen) atoms. The Morgan fingerprint density at radius 1 is 1.10 bits per heavy atom. The second-order valence-corrected chi connectivity index (χ2v) is 5.35. The molecule has 2 N–H and O–H groups in total. The molecule has 1 aromatic rings. The zero-order valence-corrected chi connectivity index (χ0v) is 13.2. The van der Waals surface area contributed by atoms with Crippen molar-refractivity contribution < 1.29 is 4.74 Å². The van der Waals surface area contributed by atoms with E-state index in [1.807, 2.05) is 0 Å². The molecule has 5 nitrogen and oxygen atoms in total. The van der Waals surface area contributed by atoms with Gasteiger partial charge in [0.2, 0.25) is 5.75 Å². The minimum atomic E-state index is 0.699. The standard InChI is InChI=1S/C15H28N4O/c1-5-9-16-14-13(20-4)15(19-11-18-14)17-10-7-6-8-12(2)3/h11-12H,5-10H2,1-4H3,(H2,16,17,18,19). The summed E-state index contributed by atoms with van der Waals surface area (Å²) in [5.41, 5.74) is 0. The molecule has 0 radical (unpaired) electrons. The number of methoxy groups -OCH3 is 1. The molecule has 0 atom stereocenters. The molecular formula is C15H28N4O. The van der Waals surface area contributed by atoms with E-state index in [2.05, 4.69) is 41.4 Å². The van der Waals surface area contributed by atoms with Crippen molar-refractivity contribution in [2.45, 2.75) is 46.5 Å². The Labute approximate surface area is 122 Å². The second kappa shape index (κ2) is 9.39. The van der Waals surface area contributed by atoms with Crippen molar-refractivity contribution in [2.75, 3.05) is 30.8 Å².